The first-order chi connectivity index (χ1) is 9.88. The molecule has 1 N–H and O–H groups in total. The molecule has 0 fully saturated rings. The minimum atomic E-state index is -0.206. The third kappa shape index (κ3) is 3.73. The quantitative estimate of drug-likeness (QED) is 0.672. The molecule has 0 saturated heterocycles. The van der Waals surface area contributed by atoms with Crippen molar-refractivity contribution in [2.24, 2.45) is 0 Å². The number of Topliss-reactive ketones (excluding diaryl/α,β-unsaturated/α-hetero) is 1. The number of ketones is 1. The molecule has 1 atom stereocenters. The molecule has 1 heterocycles. The van der Waals surface area contributed by atoms with E-state index in [1.165, 1.54) is 17.3 Å². The predicted octanol–water partition coefficient (Wildman–Crippen LogP) is 3.91. The predicted molar refractivity (Wildman–Crippen MR) is 86.0 cm³/mol. The van der Waals surface area contributed by atoms with Crippen LogP contribution in [-0.2, 0) is 0 Å². The molecule has 0 spiro atoms. The summed E-state index contributed by atoms with van der Waals surface area (Å²) in [6.07, 6.45) is 0. The Balaban J connectivity index is 2.09. The van der Waals surface area contributed by atoms with Crippen LogP contribution in [0, 0.1) is 13.8 Å². The fourth-order valence-electron chi connectivity index (χ4n) is 1.91. The maximum atomic E-state index is 12.5. The molecular formula is C16H21N3OS. The highest BCUT2D eigenvalue weighted by Gasteiger charge is 2.19. The molecule has 5 heteroatoms. The Morgan fingerprint density at radius 3 is 2.48 bits per heavy atom. The first kappa shape index (κ1) is 15.8. The number of carbonyl (C=O) groups is 1. The van der Waals surface area contributed by atoms with Crippen LogP contribution >= 0.6 is 11.8 Å². The minimum absolute atomic E-state index is 0.110. The van der Waals surface area contributed by atoms with Crippen LogP contribution in [0.2, 0.25) is 0 Å². The molecule has 2 aromatic rings. The number of aromatic nitrogens is 3. The third-order valence-corrected chi connectivity index (χ3v) is 4.43. The van der Waals surface area contributed by atoms with Crippen molar-refractivity contribution in [3.63, 3.8) is 0 Å². The number of benzene rings is 1. The van der Waals surface area contributed by atoms with Crippen molar-refractivity contribution < 1.29 is 4.79 Å². The maximum absolute atomic E-state index is 12.5. The molecular weight excluding hydrogens is 282 g/mol. The van der Waals surface area contributed by atoms with E-state index in [9.17, 15) is 4.79 Å². The van der Waals surface area contributed by atoms with Crippen LogP contribution in [0.3, 0.4) is 0 Å². The number of nitrogens with zero attached hydrogens (tertiary/aromatic N) is 2. The number of nitrogens with one attached hydrogen (secondary N) is 1. The van der Waals surface area contributed by atoms with Crippen molar-refractivity contribution in [2.45, 2.75) is 50.9 Å². The van der Waals surface area contributed by atoms with Gasteiger partial charge in [-0.25, -0.2) is 4.98 Å². The second kappa shape index (κ2) is 6.43. The zero-order valence-corrected chi connectivity index (χ0v) is 13.9. The Hall–Kier alpha value is -1.62. The van der Waals surface area contributed by atoms with Crippen molar-refractivity contribution in [1.29, 1.82) is 0 Å². The fraction of sp³-hybridized carbons (Fsp3) is 0.438. The average Bonchev–Trinajstić information content (AvgIpc) is 2.89. The summed E-state index contributed by atoms with van der Waals surface area (Å²) in [4.78, 5) is 16.9. The molecule has 4 nitrogen and oxygen atoms in total. The lowest BCUT2D eigenvalue weighted by Gasteiger charge is -2.09. The van der Waals surface area contributed by atoms with E-state index in [-0.39, 0.29) is 11.0 Å². The van der Waals surface area contributed by atoms with Gasteiger partial charge in [0.2, 0.25) is 5.16 Å². The number of rotatable bonds is 5. The average molecular weight is 303 g/mol. The van der Waals surface area contributed by atoms with Gasteiger partial charge in [0.25, 0.3) is 0 Å². The van der Waals surface area contributed by atoms with Gasteiger partial charge in [-0.15, -0.1) is 5.10 Å². The van der Waals surface area contributed by atoms with Crippen LogP contribution in [-0.4, -0.2) is 26.2 Å². The normalized spacial score (nSPS) is 12.7. The first-order valence-corrected chi connectivity index (χ1v) is 7.97. The topological polar surface area (TPSA) is 58.6 Å². The summed E-state index contributed by atoms with van der Waals surface area (Å²) in [5.41, 5.74) is 3.08. The molecule has 1 aromatic heterocycles. The number of H-pyrrole nitrogens is 1. The lowest BCUT2D eigenvalue weighted by atomic mass is 10.0. The van der Waals surface area contributed by atoms with Gasteiger partial charge < -0.3 is 0 Å². The number of carbonyl (C=O) groups excluding carboxylic acids is 1. The standard InChI is InChI=1S/C16H21N3OS/c1-9(2)15-17-16(19-18-15)21-12(5)14(20)13-7-6-10(3)11(4)8-13/h6-9,12H,1-5H3,(H,17,18,19). The highest BCUT2D eigenvalue weighted by molar-refractivity contribution is 8.00. The van der Waals surface area contributed by atoms with E-state index < -0.39 is 0 Å². The van der Waals surface area contributed by atoms with Gasteiger partial charge in [-0.2, -0.15) is 0 Å². The van der Waals surface area contributed by atoms with Crippen LogP contribution < -0.4 is 0 Å². The number of aryl methyl sites for hydroxylation is 2. The summed E-state index contributed by atoms with van der Waals surface area (Å²) in [5.74, 6) is 1.26. The van der Waals surface area contributed by atoms with Gasteiger partial charge in [-0.3, -0.25) is 9.89 Å². The number of hydrogen-bond acceptors (Lipinski definition) is 4. The van der Waals surface area contributed by atoms with Gasteiger partial charge >= 0.3 is 0 Å². The third-order valence-electron chi connectivity index (χ3n) is 3.47. The van der Waals surface area contributed by atoms with Crippen LogP contribution in [0.25, 0.3) is 0 Å². The molecule has 0 radical (unpaired) electrons. The van der Waals surface area contributed by atoms with E-state index in [1.54, 1.807) is 0 Å². The zero-order chi connectivity index (χ0) is 15.6. The van der Waals surface area contributed by atoms with Crippen molar-refractivity contribution >= 4 is 17.5 Å². The van der Waals surface area contributed by atoms with Gasteiger partial charge in [-0.1, -0.05) is 37.7 Å². The second-order valence-corrected chi connectivity index (χ2v) is 6.89. The molecule has 21 heavy (non-hydrogen) atoms. The fourth-order valence-corrected chi connectivity index (χ4v) is 2.72. The maximum Gasteiger partial charge on any atom is 0.209 e. The molecule has 2 rings (SSSR count). The monoisotopic (exact) mass is 303 g/mol. The van der Waals surface area contributed by atoms with Gasteiger partial charge in [0, 0.05) is 11.5 Å². The summed E-state index contributed by atoms with van der Waals surface area (Å²) >= 11 is 1.39. The Bertz CT molecular complexity index is 649. The van der Waals surface area contributed by atoms with Crippen LogP contribution in [0.4, 0.5) is 0 Å². The summed E-state index contributed by atoms with van der Waals surface area (Å²) < 4.78 is 0. The lowest BCUT2D eigenvalue weighted by molar-refractivity contribution is 0.0994. The second-order valence-electron chi connectivity index (χ2n) is 5.58. The van der Waals surface area contributed by atoms with Gasteiger partial charge in [0.15, 0.2) is 5.78 Å². The summed E-state index contributed by atoms with van der Waals surface area (Å²) in [6, 6.07) is 5.83. The van der Waals surface area contributed by atoms with Crippen molar-refractivity contribution in [3.8, 4) is 0 Å². The lowest BCUT2D eigenvalue weighted by Crippen LogP contribution is -2.14. The van der Waals surface area contributed by atoms with E-state index in [2.05, 4.69) is 29.0 Å². The van der Waals surface area contributed by atoms with Gasteiger partial charge in [0.05, 0.1) is 5.25 Å². The first-order valence-electron chi connectivity index (χ1n) is 7.09. The largest absolute Gasteiger partial charge is 0.293 e. The molecule has 0 aliphatic heterocycles. The van der Waals surface area contributed by atoms with Crippen molar-refractivity contribution in [3.05, 3.63) is 40.7 Å². The molecule has 0 saturated carbocycles. The molecule has 0 aliphatic carbocycles. The van der Waals surface area contributed by atoms with Crippen LogP contribution in [0.5, 0.6) is 0 Å². The highest BCUT2D eigenvalue weighted by Crippen LogP contribution is 2.24. The number of aromatic amines is 1. The van der Waals surface area contributed by atoms with E-state index in [0.29, 0.717) is 11.1 Å². The molecule has 0 aliphatic rings. The Kier molecular flexibility index (Phi) is 4.83. The van der Waals surface area contributed by atoms with E-state index in [1.807, 2.05) is 39.0 Å². The van der Waals surface area contributed by atoms with E-state index in [0.717, 1.165) is 17.0 Å². The highest BCUT2D eigenvalue weighted by atomic mass is 32.2. The Labute approximate surface area is 129 Å². The van der Waals surface area contributed by atoms with E-state index >= 15 is 0 Å². The van der Waals surface area contributed by atoms with Crippen LogP contribution in [0.15, 0.2) is 23.4 Å². The summed E-state index contributed by atoms with van der Waals surface area (Å²) in [5, 5.41) is 7.49. The molecule has 0 bridgehead atoms. The van der Waals surface area contributed by atoms with Gasteiger partial charge in [-0.05, 0) is 38.0 Å². The molecule has 112 valence electrons. The van der Waals surface area contributed by atoms with Crippen molar-refractivity contribution in [1.82, 2.24) is 15.2 Å². The minimum Gasteiger partial charge on any atom is -0.293 e. The van der Waals surface area contributed by atoms with E-state index in [4.69, 9.17) is 0 Å². The summed E-state index contributed by atoms with van der Waals surface area (Å²) in [6.45, 7) is 10.1. The Morgan fingerprint density at radius 1 is 1.19 bits per heavy atom. The van der Waals surface area contributed by atoms with Crippen molar-refractivity contribution in [2.75, 3.05) is 0 Å². The molecule has 1 aromatic carbocycles. The van der Waals surface area contributed by atoms with Gasteiger partial charge in [0.1, 0.15) is 5.82 Å². The number of thioether (sulfide) groups is 1. The number of hydrogen-bond donors (Lipinski definition) is 1. The zero-order valence-electron chi connectivity index (χ0n) is 13.1. The van der Waals surface area contributed by atoms with Crippen LogP contribution in [0.1, 0.15) is 54.0 Å². The summed E-state index contributed by atoms with van der Waals surface area (Å²) in [7, 11) is 0. The molecule has 0 amide bonds. The Morgan fingerprint density at radius 2 is 1.90 bits per heavy atom. The SMILES string of the molecule is Cc1ccc(C(=O)C(C)Sc2n[nH]c(C(C)C)n2)cc1C. The smallest absolute Gasteiger partial charge is 0.209 e. The molecule has 1 unspecified atom stereocenters.